The summed E-state index contributed by atoms with van der Waals surface area (Å²) in [6.45, 7) is 3.59. The molecule has 0 spiro atoms. The monoisotopic (exact) mass is 571 g/mol. The largest absolute Gasteiger partial charge is 0.411 e. The SMILES string of the molecule is O=C(NC1CCC(=NO)CC1)c1ccc(CN2CCC(N3C(=O)N(C4CCCCC4)C[C@H]3c3ccccc3)CC2)cc1. The molecule has 2 saturated heterocycles. The van der Waals surface area contributed by atoms with Crippen molar-refractivity contribution in [1.29, 1.82) is 0 Å². The summed E-state index contributed by atoms with van der Waals surface area (Å²) in [6, 6.07) is 19.8. The van der Waals surface area contributed by atoms with Crippen LogP contribution in [-0.2, 0) is 6.54 Å². The summed E-state index contributed by atoms with van der Waals surface area (Å²) < 4.78 is 0. The molecule has 2 aliphatic heterocycles. The fourth-order valence-corrected chi connectivity index (χ4v) is 7.52. The second-order valence-corrected chi connectivity index (χ2v) is 12.7. The summed E-state index contributed by atoms with van der Waals surface area (Å²) in [4.78, 5) is 33.6. The van der Waals surface area contributed by atoms with Crippen LogP contribution in [-0.4, -0.2) is 75.3 Å². The minimum absolute atomic E-state index is 0.0396. The quantitative estimate of drug-likeness (QED) is 0.317. The average molecular weight is 572 g/mol. The Morgan fingerprint density at radius 1 is 0.857 bits per heavy atom. The summed E-state index contributed by atoms with van der Waals surface area (Å²) >= 11 is 0. The Labute approximate surface area is 249 Å². The van der Waals surface area contributed by atoms with Crippen LogP contribution >= 0.6 is 0 Å². The number of oxime groups is 1. The normalized spacial score (nSPS) is 24.7. The number of nitrogens with zero attached hydrogens (tertiary/aromatic N) is 4. The van der Waals surface area contributed by atoms with Crippen LogP contribution in [0.15, 0.2) is 59.8 Å². The maximum Gasteiger partial charge on any atom is 0.321 e. The van der Waals surface area contributed by atoms with Crippen LogP contribution in [0.3, 0.4) is 0 Å². The lowest BCUT2D eigenvalue weighted by atomic mass is 9.93. The third-order valence-electron chi connectivity index (χ3n) is 9.98. The second kappa shape index (κ2) is 13.3. The molecule has 2 aliphatic carbocycles. The van der Waals surface area contributed by atoms with Crippen molar-refractivity contribution in [3.05, 3.63) is 71.3 Å². The fraction of sp³-hybridized carbons (Fsp3) is 0.559. The van der Waals surface area contributed by atoms with E-state index in [1.807, 2.05) is 12.1 Å². The number of hydrogen-bond acceptors (Lipinski definition) is 5. The number of carbonyl (C=O) groups excluding carboxylic acids is 2. The number of hydrogen-bond donors (Lipinski definition) is 2. The highest BCUT2D eigenvalue weighted by Gasteiger charge is 2.45. The zero-order valence-corrected chi connectivity index (χ0v) is 24.7. The molecule has 2 heterocycles. The van der Waals surface area contributed by atoms with E-state index in [1.54, 1.807) is 0 Å². The van der Waals surface area contributed by atoms with Gasteiger partial charge in [-0.15, -0.1) is 0 Å². The van der Waals surface area contributed by atoms with Crippen molar-refractivity contribution in [2.24, 2.45) is 5.16 Å². The maximum atomic E-state index is 13.9. The molecule has 2 N–H and O–H groups in total. The van der Waals surface area contributed by atoms with E-state index in [9.17, 15) is 9.59 Å². The predicted octanol–water partition coefficient (Wildman–Crippen LogP) is 5.97. The van der Waals surface area contributed by atoms with Gasteiger partial charge in [-0.05, 0) is 74.6 Å². The van der Waals surface area contributed by atoms with Gasteiger partial charge in [-0.1, -0.05) is 66.9 Å². The average Bonchev–Trinajstić information content (AvgIpc) is 3.40. The van der Waals surface area contributed by atoms with E-state index in [0.717, 1.165) is 83.3 Å². The van der Waals surface area contributed by atoms with Gasteiger partial charge >= 0.3 is 6.03 Å². The Hall–Kier alpha value is -3.39. The van der Waals surface area contributed by atoms with Crippen LogP contribution in [0.2, 0.25) is 0 Å². The molecular formula is C34H45N5O3. The van der Waals surface area contributed by atoms with E-state index in [4.69, 9.17) is 5.21 Å². The van der Waals surface area contributed by atoms with Crippen molar-refractivity contribution in [3.63, 3.8) is 0 Å². The van der Waals surface area contributed by atoms with Crippen molar-refractivity contribution in [2.75, 3.05) is 19.6 Å². The Bertz CT molecular complexity index is 1230. The summed E-state index contributed by atoms with van der Waals surface area (Å²) in [7, 11) is 0. The van der Waals surface area contributed by atoms with E-state index in [-0.39, 0.29) is 30.1 Å². The molecule has 0 unspecified atom stereocenters. The molecule has 1 atom stereocenters. The first-order chi connectivity index (χ1) is 20.6. The van der Waals surface area contributed by atoms with Crippen molar-refractivity contribution >= 4 is 17.6 Å². The van der Waals surface area contributed by atoms with Crippen LogP contribution in [0.25, 0.3) is 0 Å². The summed E-state index contributed by atoms with van der Waals surface area (Å²) in [5.74, 6) is -0.0396. The number of likely N-dealkylation sites (tertiary alicyclic amines) is 1. The molecule has 8 nitrogen and oxygen atoms in total. The summed E-state index contributed by atoms with van der Waals surface area (Å²) in [5.41, 5.74) is 3.96. The smallest absolute Gasteiger partial charge is 0.321 e. The first-order valence-electron chi connectivity index (χ1n) is 16.0. The molecule has 3 amide bonds. The van der Waals surface area contributed by atoms with Gasteiger partial charge in [-0.3, -0.25) is 9.69 Å². The molecule has 4 aliphatic rings. The Morgan fingerprint density at radius 3 is 2.21 bits per heavy atom. The summed E-state index contributed by atoms with van der Waals surface area (Å²) in [6.07, 6.45) is 11.1. The highest BCUT2D eigenvalue weighted by atomic mass is 16.4. The van der Waals surface area contributed by atoms with Crippen LogP contribution in [0.4, 0.5) is 4.79 Å². The van der Waals surface area contributed by atoms with Gasteiger partial charge in [0.25, 0.3) is 5.91 Å². The second-order valence-electron chi connectivity index (χ2n) is 12.7. The van der Waals surface area contributed by atoms with Gasteiger partial charge in [-0.2, -0.15) is 0 Å². The third-order valence-corrected chi connectivity index (χ3v) is 9.98. The third kappa shape index (κ3) is 6.48. The number of carbonyl (C=O) groups is 2. The Morgan fingerprint density at radius 2 is 1.55 bits per heavy atom. The number of amides is 3. The van der Waals surface area contributed by atoms with Crippen molar-refractivity contribution < 1.29 is 14.8 Å². The molecule has 6 rings (SSSR count). The van der Waals surface area contributed by atoms with Crippen molar-refractivity contribution in [1.82, 2.24) is 20.0 Å². The van der Waals surface area contributed by atoms with Gasteiger partial charge in [-0.25, -0.2) is 4.79 Å². The number of urea groups is 1. The molecule has 0 bridgehead atoms. The molecule has 0 radical (unpaired) electrons. The van der Waals surface area contributed by atoms with Crippen LogP contribution < -0.4 is 5.32 Å². The fourth-order valence-electron chi connectivity index (χ4n) is 7.52. The molecule has 2 aromatic rings. The first-order valence-corrected chi connectivity index (χ1v) is 16.0. The van der Waals surface area contributed by atoms with Gasteiger partial charge < -0.3 is 20.3 Å². The first kappa shape index (κ1) is 28.7. The van der Waals surface area contributed by atoms with E-state index in [1.165, 1.54) is 30.4 Å². The van der Waals surface area contributed by atoms with Crippen LogP contribution in [0, 0.1) is 0 Å². The van der Waals surface area contributed by atoms with Gasteiger partial charge in [0.15, 0.2) is 0 Å². The van der Waals surface area contributed by atoms with Gasteiger partial charge in [0.2, 0.25) is 0 Å². The van der Waals surface area contributed by atoms with Gasteiger partial charge in [0.05, 0.1) is 11.8 Å². The van der Waals surface area contributed by atoms with Crippen molar-refractivity contribution in [2.45, 2.75) is 101 Å². The Kier molecular flexibility index (Phi) is 9.08. The molecule has 4 fully saturated rings. The summed E-state index contributed by atoms with van der Waals surface area (Å²) in [5, 5.41) is 15.4. The Balaban J connectivity index is 1.03. The number of benzene rings is 2. The lowest BCUT2D eigenvalue weighted by Gasteiger charge is -2.39. The lowest BCUT2D eigenvalue weighted by Crippen LogP contribution is -2.48. The highest BCUT2D eigenvalue weighted by Crippen LogP contribution is 2.38. The molecule has 8 heteroatoms. The van der Waals surface area contributed by atoms with Gasteiger partial charge in [0, 0.05) is 49.9 Å². The number of nitrogens with one attached hydrogen (secondary N) is 1. The topological polar surface area (TPSA) is 88.5 Å². The zero-order chi connectivity index (χ0) is 28.9. The number of rotatable bonds is 7. The molecule has 224 valence electrons. The van der Waals surface area contributed by atoms with E-state index in [2.05, 4.69) is 67.6 Å². The molecule has 42 heavy (non-hydrogen) atoms. The molecule has 2 aromatic carbocycles. The molecule has 0 aromatic heterocycles. The highest BCUT2D eigenvalue weighted by molar-refractivity contribution is 5.94. The van der Waals surface area contributed by atoms with E-state index < -0.39 is 0 Å². The van der Waals surface area contributed by atoms with Gasteiger partial charge in [0.1, 0.15) is 0 Å². The minimum Gasteiger partial charge on any atom is -0.411 e. The standard InChI is InChI=1S/C34H45N5O3/c40-33(35-28-15-17-29(36-42)18-16-28)27-13-11-25(12-14-27)23-37-21-19-31(20-22-37)39-32(26-7-3-1-4-8-26)24-38(34(39)41)30-9-5-2-6-10-30/h1,3-4,7-8,11-14,28,30-32,42H,2,5-6,9-10,15-24H2,(H,35,40)/t28?,32-/m0/s1. The predicted molar refractivity (Wildman–Crippen MR) is 164 cm³/mol. The maximum absolute atomic E-state index is 13.9. The molecule has 2 saturated carbocycles. The van der Waals surface area contributed by atoms with Crippen LogP contribution in [0.5, 0.6) is 0 Å². The zero-order valence-electron chi connectivity index (χ0n) is 24.7. The van der Waals surface area contributed by atoms with E-state index in [0.29, 0.717) is 11.6 Å². The van der Waals surface area contributed by atoms with Crippen molar-refractivity contribution in [3.8, 4) is 0 Å². The van der Waals surface area contributed by atoms with E-state index >= 15 is 0 Å². The minimum atomic E-state index is -0.0396. The lowest BCUT2D eigenvalue weighted by molar-refractivity contribution is 0.0931. The molecular weight excluding hydrogens is 526 g/mol. The number of piperidine rings is 1. The van der Waals surface area contributed by atoms with Crippen LogP contribution in [0.1, 0.15) is 98.2 Å².